The van der Waals surface area contributed by atoms with Gasteiger partial charge in [-0.25, -0.2) is 4.98 Å². The fourth-order valence-electron chi connectivity index (χ4n) is 6.79. The van der Waals surface area contributed by atoms with E-state index in [0.29, 0.717) is 66.6 Å². The van der Waals surface area contributed by atoms with Crippen molar-refractivity contribution in [2.24, 2.45) is 0 Å². The van der Waals surface area contributed by atoms with Crippen molar-refractivity contribution < 1.29 is 37.3 Å². The zero-order chi connectivity index (χ0) is 37.7. The van der Waals surface area contributed by atoms with Gasteiger partial charge in [-0.2, -0.15) is 18.2 Å². The highest BCUT2D eigenvalue weighted by atomic mass is 35.5. The first-order chi connectivity index (χ1) is 25.5. The minimum atomic E-state index is -4.75. The van der Waals surface area contributed by atoms with E-state index in [-0.39, 0.29) is 36.5 Å². The van der Waals surface area contributed by atoms with Gasteiger partial charge in [0.25, 0.3) is 0 Å². The molecule has 2 aliphatic rings. The highest BCUT2D eigenvalue weighted by Gasteiger charge is 2.38. The zero-order valence-corrected chi connectivity index (χ0v) is 30.4. The van der Waals surface area contributed by atoms with E-state index in [1.54, 1.807) is 26.3 Å². The van der Waals surface area contributed by atoms with Gasteiger partial charge in [-0.05, 0) is 61.9 Å². The van der Waals surface area contributed by atoms with Gasteiger partial charge in [-0.15, -0.1) is 0 Å². The number of amides is 1. The Kier molecular flexibility index (Phi) is 12.0. The van der Waals surface area contributed by atoms with Gasteiger partial charge >= 0.3 is 6.18 Å². The number of methoxy groups -OCH3 is 2. The number of aromatic nitrogens is 3. The summed E-state index contributed by atoms with van der Waals surface area (Å²) in [7, 11) is 2.89. The van der Waals surface area contributed by atoms with Crippen LogP contribution in [0.1, 0.15) is 66.5 Å². The lowest BCUT2D eigenvalue weighted by Crippen LogP contribution is -2.35. The van der Waals surface area contributed by atoms with Crippen LogP contribution in [0.3, 0.4) is 0 Å². The van der Waals surface area contributed by atoms with E-state index in [1.807, 2.05) is 30.3 Å². The topological polar surface area (TPSA) is 140 Å². The smallest absolute Gasteiger partial charge is 0.421 e. The molecule has 6 rings (SSSR count). The number of benzene rings is 1. The maximum atomic E-state index is 14.4. The number of nitrogens with one attached hydrogen (secondary N) is 3. The zero-order valence-electron chi connectivity index (χ0n) is 29.6. The molecule has 1 fully saturated rings. The van der Waals surface area contributed by atoms with Gasteiger partial charge in [0.1, 0.15) is 11.7 Å². The van der Waals surface area contributed by atoms with Crippen molar-refractivity contribution in [3.05, 3.63) is 81.5 Å². The Morgan fingerprint density at radius 2 is 1.75 bits per heavy atom. The lowest BCUT2D eigenvalue weighted by Gasteiger charge is -2.29. The van der Waals surface area contributed by atoms with Crippen molar-refractivity contribution in [2.75, 3.05) is 27.3 Å². The molecule has 4 heterocycles. The van der Waals surface area contributed by atoms with Crippen molar-refractivity contribution in [1.29, 1.82) is 0 Å². The van der Waals surface area contributed by atoms with Crippen molar-refractivity contribution in [2.45, 2.75) is 76.5 Å². The molecule has 1 amide bonds. The minimum absolute atomic E-state index is 0.00252. The van der Waals surface area contributed by atoms with Gasteiger partial charge in [-0.3, -0.25) is 9.78 Å². The molecule has 11 nitrogen and oxygen atoms in total. The summed E-state index contributed by atoms with van der Waals surface area (Å²) in [6.07, 6.45) is -1.41. The van der Waals surface area contributed by atoms with Gasteiger partial charge < -0.3 is 35.3 Å². The predicted molar refractivity (Wildman–Crippen MR) is 193 cm³/mol. The Labute approximate surface area is 310 Å². The van der Waals surface area contributed by atoms with E-state index in [1.165, 1.54) is 7.11 Å². The van der Waals surface area contributed by atoms with Gasteiger partial charge in [-0.1, -0.05) is 35.9 Å². The van der Waals surface area contributed by atoms with Gasteiger partial charge in [0.05, 0.1) is 36.7 Å². The molecular formula is C38H42ClF3N6O5. The van der Waals surface area contributed by atoms with Crippen molar-refractivity contribution in [3.8, 4) is 40.2 Å². The van der Waals surface area contributed by atoms with Crippen LogP contribution in [0.15, 0.2) is 48.7 Å². The van der Waals surface area contributed by atoms with Crippen LogP contribution in [0.4, 0.5) is 13.2 Å². The van der Waals surface area contributed by atoms with Crippen LogP contribution >= 0.6 is 11.6 Å². The Morgan fingerprint density at radius 1 is 0.981 bits per heavy atom. The van der Waals surface area contributed by atoms with Crippen LogP contribution in [0, 0.1) is 0 Å². The average molecular weight is 755 g/mol. The molecule has 15 heteroatoms. The standard InChI is InChI=1S/C38H42ClF3N6O5/c1-21(49)17-43-19-23-16-29(38(40,41)42)37(48-36(23)52-3)53-31-9-5-6-25-26(31)7-4-8-27(25)34-33(39)28(14-15-45-34)30-12-10-22(35(47-30)51-2)18-44-20-24-11-13-32(50)46-24/h4,7-8,10,12,14-16,21,24,31,43-44,49H,5-6,9,11,13,17-20H2,1-3H3,(H,46,50)/t21-,24-,31+/m0/s1. The third-order valence-electron chi connectivity index (χ3n) is 9.33. The first kappa shape index (κ1) is 38.2. The second-order valence-electron chi connectivity index (χ2n) is 13.2. The van der Waals surface area contributed by atoms with Crippen LogP contribution in [-0.2, 0) is 30.5 Å². The molecule has 3 atom stereocenters. The Morgan fingerprint density at radius 3 is 2.47 bits per heavy atom. The first-order valence-electron chi connectivity index (χ1n) is 17.5. The van der Waals surface area contributed by atoms with Crippen LogP contribution in [0.2, 0.25) is 5.02 Å². The van der Waals surface area contributed by atoms with Crippen molar-refractivity contribution in [3.63, 3.8) is 0 Å². The lowest BCUT2D eigenvalue weighted by atomic mass is 9.85. The number of hydrogen-bond acceptors (Lipinski definition) is 10. The summed E-state index contributed by atoms with van der Waals surface area (Å²) in [6, 6.07) is 12.2. The third-order valence-corrected chi connectivity index (χ3v) is 9.71. The summed E-state index contributed by atoms with van der Waals surface area (Å²) in [5.74, 6) is -0.0718. The molecule has 4 N–H and O–H groups in total. The summed E-state index contributed by atoms with van der Waals surface area (Å²) in [5.41, 5.74) is 4.09. The number of carbonyl (C=O) groups is 1. The highest BCUT2D eigenvalue weighted by molar-refractivity contribution is 6.35. The first-order valence-corrected chi connectivity index (χ1v) is 17.9. The maximum Gasteiger partial charge on any atom is 0.421 e. The van der Waals surface area contributed by atoms with Crippen LogP contribution in [0.25, 0.3) is 22.5 Å². The normalized spacial score (nSPS) is 17.6. The van der Waals surface area contributed by atoms with E-state index < -0.39 is 29.8 Å². The predicted octanol–water partition coefficient (Wildman–Crippen LogP) is 6.19. The van der Waals surface area contributed by atoms with Crippen molar-refractivity contribution in [1.82, 2.24) is 30.9 Å². The molecule has 0 unspecified atom stereocenters. The molecule has 1 saturated heterocycles. The SMILES string of the molecule is COc1nc(-c2ccnc(-c3cccc4c3CCC[C@H]4Oc3nc(OC)c(CNC[C@H](C)O)cc3C(F)(F)F)c2Cl)ccc1CNC[C@@H]1CCC(=O)N1. The second kappa shape index (κ2) is 16.7. The monoisotopic (exact) mass is 754 g/mol. The Bertz CT molecular complexity index is 1950. The number of hydrogen-bond donors (Lipinski definition) is 4. The highest BCUT2D eigenvalue weighted by Crippen LogP contribution is 2.44. The Hall–Kier alpha value is -4.50. The second-order valence-corrected chi connectivity index (χ2v) is 13.6. The molecule has 0 saturated carbocycles. The fraction of sp³-hybridized carbons (Fsp3) is 0.421. The molecule has 0 radical (unpaired) electrons. The number of aliphatic hydroxyl groups excluding tert-OH is 1. The Balaban J connectivity index is 1.27. The quantitative estimate of drug-likeness (QED) is 0.118. The van der Waals surface area contributed by atoms with E-state index >= 15 is 0 Å². The maximum absolute atomic E-state index is 14.4. The van der Waals surface area contributed by atoms with E-state index in [0.717, 1.165) is 34.7 Å². The summed E-state index contributed by atoms with van der Waals surface area (Å²) >= 11 is 7.07. The van der Waals surface area contributed by atoms with Crippen molar-refractivity contribution >= 4 is 17.5 Å². The van der Waals surface area contributed by atoms with E-state index in [4.69, 9.17) is 30.8 Å². The number of carbonyl (C=O) groups excluding carboxylic acids is 1. The average Bonchev–Trinajstić information content (AvgIpc) is 3.56. The van der Waals surface area contributed by atoms with Crippen LogP contribution in [-0.4, -0.2) is 65.4 Å². The summed E-state index contributed by atoms with van der Waals surface area (Å²) in [5, 5.41) is 19.2. The lowest BCUT2D eigenvalue weighted by molar-refractivity contribution is -0.139. The summed E-state index contributed by atoms with van der Waals surface area (Å²) in [4.78, 5) is 25.1. The largest absolute Gasteiger partial charge is 0.481 e. The van der Waals surface area contributed by atoms with E-state index in [2.05, 4.69) is 25.9 Å². The molecule has 0 spiro atoms. The fourth-order valence-corrected chi connectivity index (χ4v) is 7.10. The molecule has 1 aromatic carbocycles. The molecule has 1 aliphatic heterocycles. The molecule has 3 aromatic heterocycles. The van der Waals surface area contributed by atoms with Gasteiger partial charge in [0.15, 0.2) is 0 Å². The molecule has 282 valence electrons. The summed E-state index contributed by atoms with van der Waals surface area (Å²) < 4.78 is 60.3. The number of alkyl halides is 3. The number of aliphatic hydroxyl groups is 1. The van der Waals surface area contributed by atoms with E-state index in [9.17, 15) is 23.1 Å². The minimum Gasteiger partial charge on any atom is -0.481 e. The summed E-state index contributed by atoms with van der Waals surface area (Å²) in [6.45, 7) is 2.90. The number of rotatable bonds is 14. The number of pyridine rings is 3. The molecular weight excluding hydrogens is 713 g/mol. The van der Waals surface area contributed by atoms with Gasteiger partial charge in [0.2, 0.25) is 23.5 Å². The van der Waals surface area contributed by atoms with Crippen LogP contribution in [0.5, 0.6) is 17.6 Å². The number of halogens is 4. The van der Waals surface area contributed by atoms with Crippen LogP contribution < -0.4 is 30.2 Å². The molecule has 1 aliphatic carbocycles. The van der Waals surface area contributed by atoms with Gasteiger partial charge in [0, 0.05) is 67.1 Å². The number of ether oxygens (including phenoxy) is 3. The third kappa shape index (κ3) is 8.84. The molecule has 4 aromatic rings. The number of fused-ring (bicyclic) bond motifs is 1. The molecule has 53 heavy (non-hydrogen) atoms. The molecule has 0 bridgehead atoms. The number of nitrogens with zero attached hydrogens (tertiary/aromatic N) is 3.